The first-order chi connectivity index (χ1) is 15.6. The number of likely N-dealkylation sites (tertiary alicyclic amines) is 1. The third-order valence-corrected chi connectivity index (χ3v) is 7.23. The first-order valence-electron chi connectivity index (χ1n) is 12.0. The van der Waals surface area contributed by atoms with E-state index in [0.717, 1.165) is 70.0 Å². The lowest BCUT2D eigenvalue weighted by molar-refractivity contribution is -0.0834. The fourth-order valence-corrected chi connectivity index (χ4v) is 5.17. The zero-order valence-electron chi connectivity index (χ0n) is 18.6. The maximum Gasteiger partial charge on any atom is 0.265 e. The summed E-state index contributed by atoms with van der Waals surface area (Å²) < 4.78 is 23.1. The van der Waals surface area contributed by atoms with Gasteiger partial charge in [0.1, 0.15) is 17.2 Å². The minimum absolute atomic E-state index is 0.196. The monoisotopic (exact) mass is 446 g/mol. The van der Waals surface area contributed by atoms with Gasteiger partial charge in [0.15, 0.2) is 5.58 Å². The van der Waals surface area contributed by atoms with Crippen LogP contribution in [0.25, 0.3) is 11.0 Å². The Morgan fingerprint density at radius 3 is 2.69 bits per heavy atom. The normalized spacial score (nSPS) is 27.1. The maximum absolute atomic E-state index is 10.8. The van der Waals surface area contributed by atoms with E-state index >= 15 is 0 Å². The topological polar surface area (TPSA) is 97.4 Å². The number of aliphatic hydroxyl groups excluding tert-OH is 1. The molecule has 2 atom stereocenters. The van der Waals surface area contributed by atoms with E-state index in [-0.39, 0.29) is 6.10 Å². The van der Waals surface area contributed by atoms with Crippen molar-refractivity contribution in [3.63, 3.8) is 0 Å². The SMILES string of the molecule is O[C@@H]1CCC[C@H]1Oc1cccc2onc(OCC3CCN(CC4(O)CCOCC4)CC3)c12. The van der Waals surface area contributed by atoms with E-state index < -0.39 is 11.7 Å². The number of rotatable bonds is 7. The molecule has 0 radical (unpaired) electrons. The van der Waals surface area contributed by atoms with Crippen molar-refractivity contribution in [1.82, 2.24) is 10.1 Å². The molecule has 8 nitrogen and oxygen atoms in total. The Balaban J connectivity index is 1.16. The van der Waals surface area contributed by atoms with Crippen molar-refractivity contribution in [3.05, 3.63) is 18.2 Å². The van der Waals surface area contributed by atoms with Gasteiger partial charge < -0.3 is 33.8 Å². The van der Waals surface area contributed by atoms with Crippen LogP contribution in [0.3, 0.4) is 0 Å². The van der Waals surface area contributed by atoms with Gasteiger partial charge in [-0.1, -0.05) is 6.07 Å². The van der Waals surface area contributed by atoms with Crippen molar-refractivity contribution in [3.8, 4) is 11.6 Å². The summed E-state index contributed by atoms with van der Waals surface area (Å²) in [5.41, 5.74) is 0.0225. The number of aromatic nitrogens is 1. The molecule has 2 aromatic rings. The largest absolute Gasteiger partial charge is 0.487 e. The lowest BCUT2D eigenvalue weighted by Crippen LogP contribution is -2.49. The molecule has 2 aliphatic heterocycles. The Bertz CT molecular complexity index is 888. The molecule has 1 saturated carbocycles. The first kappa shape index (κ1) is 21.9. The number of hydrogen-bond donors (Lipinski definition) is 2. The molecule has 0 bridgehead atoms. The third kappa shape index (κ3) is 4.88. The molecule has 2 N–H and O–H groups in total. The van der Waals surface area contributed by atoms with Crippen LogP contribution in [0.5, 0.6) is 11.6 Å². The standard InChI is InChI=1S/C24H34N2O6/c27-18-3-1-4-19(18)31-20-5-2-6-21-22(20)23(25-32-21)30-15-17-7-11-26(12-8-17)16-24(28)9-13-29-14-10-24/h2,5-6,17-19,27-28H,1,3-4,7-16H2/t18-,19-/m1/s1. The van der Waals surface area contributed by atoms with Gasteiger partial charge in [0.05, 0.1) is 18.3 Å². The number of hydrogen-bond acceptors (Lipinski definition) is 8. The zero-order chi connectivity index (χ0) is 22.0. The molecule has 2 saturated heterocycles. The predicted molar refractivity (Wildman–Crippen MR) is 118 cm³/mol. The second kappa shape index (κ2) is 9.55. The molecule has 1 aromatic heterocycles. The van der Waals surface area contributed by atoms with Crippen LogP contribution in [0.1, 0.15) is 44.9 Å². The van der Waals surface area contributed by atoms with Crippen LogP contribution in [0, 0.1) is 5.92 Å². The highest BCUT2D eigenvalue weighted by Crippen LogP contribution is 2.36. The Kier molecular flexibility index (Phi) is 6.55. The quantitative estimate of drug-likeness (QED) is 0.670. The van der Waals surface area contributed by atoms with Gasteiger partial charge in [-0.3, -0.25) is 0 Å². The van der Waals surface area contributed by atoms with E-state index in [4.69, 9.17) is 18.7 Å². The van der Waals surface area contributed by atoms with Gasteiger partial charge in [-0.25, -0.2) is 0 Å². The van der Waals surface area contributed by atoms with E-state index in [2.05, 4.69) is 10.1 Å². The number of aliphatic hydroxyl groups is 2. The van der Waals surface area contributed by atoms with Crippen molar-refractivity contribution in [2.75, 3.05) is 39.5 Å². The smallest absolute Gasteiger partial charge is 0.265 e. The molecule has 0 amide bonds. The molecule has 3 aliphatic rings. The molecule has 1 aliphatic carbocycles. The van der Waals surface area contributed by atoms with E-state index in [9.17, 15) is 10.2 Å². The molecule has 3 fully saturated rings. The molecule has 32 heavy (non-hydrogen) atoms. The third-order valence-electron chi connectivity index (χ3n) is 7.23. The molecule has 8 heteroatoms. The first-order valence-corrected chi connectivity index (χ1v) is 12.0. The van der Waals surface area contributed by atoms with Gasteiger partial charge >= 0.3 is 0 Å². The Hall–Kier alpha value is -1.87. The van der Waals surface area contributed by atoms with Gasteiger partial charge in [-0.2, -0.15) is 0 Å². The summed E-state index contributed by atoms with van der Waals surface area (Å²) in [4.78, 5) is 2.37. The molecule has 0 spiro atoms. The summed E-state index contributed by atoms with van der Waals surface area (Å²) in [6.45, 7) is 4.53. The van der Waals surface area contributed by atoms with Crippen LogP contribution in [-0.2, 0) is 4.74 Å². The average Bonchev–Trinajstić information content (AvgIpc) is 3.40. The number of β-amino-alcohol motifs (C(OH)–C–C–N with tert-alkyl or cyclic N) is 1. The Labute approximate surface area is 188 Å². The van der Waals surface area contributed by atoms with Gasteiger partial charge in [0.2, 0.25) is 0 Å². The fraction of sp³-hybridized carbons (Fsp3) is 0.708. The maximum atomic E-state index is 10.8. The lowest BCUT2D eigenvalue weighted by Gasteiger charge is -2.39. The minimum atomic E-state index is -0.607. The minimum Gasteiger partial charge on any atom is -0.487 e. The van der Waals surface area contributed by atoms with Gasteiger partial charge in [-0.15, -0.1) is 0 Å². The van der Waals surface area contributed by atoms with Crippen molar-refractivity contribution in [1.29, 1.82) is 0 Å². The Morgan fingerprint density at radius 1 is 1.12 bits per heavy atom. The van der Waals surface area contributed by atoms with Gasteiger partial charge in [-0.05, 0) is 68.4 Å². The van der Waals surface area contributed by atoms with Crippen LogP contribution in [0.2, 0.25) is 0 Å². The van der Waals surface area contributed by atoms with Gasteiger partial charge in [0.25, 0.3) is 5.88 Å². The molecule has 5 rings (SSSR count). The summed E-state index contributed by atoms with van der Waals surface area (Å²) in [6, 6.07) is 5.61. The van der Waals surface area contributed by atoms with Crippen LogP contribution in [0.15, 0.2) is 22.7 Å². The number of benzene rings is 1. The molecule has 0 unspecified atom stereocenters. The summed E-state index contributed by atoms with van der Waals surface area (Å²) >= 11 is 0. The summed E-state index contributed by atoms with van der Waals surface area (Å²) in [6.07, 6.45) is 5.46. The highest BCUT2D eigenvalue weighted by molar-refractivity contribution is 5.88. The highest BCUT2D eigenvalue weighted by Gasteiger charge is 2.33. The molecular weight excluding hydrogens is 412 g/mol. The summed E-state index contributed by atoms with van der Waals surface area (Å²) in [5.74, 6) is 1.55. The fourth-order valence-electron chi connectivity index (χ4n) is 5.17. The second-order valence-corrected chi connectivity index (χ2v) is 9.64. The average molecular weight is 447 g/mol. The number of fused-ring (bicyclic) bond motifs is 1. The van der Waals surface area contributed by atoms with Crippen molar-refractivity contribution >= 4 is 11.0 Å². The molecule has 1 aromatic carbocycles. The number of piperidine rings is 1. The van der Waals surface area contributed by atoms with Crippen LogP contribution >= 0.6 is 0 Å². The highest BCUT2D eigenvalue weighted by atomic mass is 16.5. The second-order valence-electron chi connectivity index (χ2n) is 9.64. The van der Waals surface area contributed by atoms with E-state index in [1.165, 1.54) is 0 Å². The van der Waals surface area contributed by atoms with Crippen molar-refractivity contribution in [2.24, 2.45) is 5.92 Å². The predicted octanol–water partition coefficient (Wildman–Crippen LogP) is 2.75. The summed E-state index contributed by atoms with van der Waals surface area (Å²) in [7, 11) is 0. The van der Waals surface area contributed by atoms with Crippen molar-refractivity contribution < 1.29 is 28.9 Å². The van der Waals surface area contributed by atoms with E-state index in [1.807, 2.05) is 18.2 Å². The van der Waals surface area contributed by atoms with E-state index in [0.29, 0.717) is 43.0 Å². The van der Waals surface area contributed by atoms with E-state index in [1.54, 1.807) is 0 Å². The summed E-state index contributed by atoms with van der Waals surface area (Å²) in [5, 5.41) is 25.8. The molecule has 3 heterocycles. The van der Waals surface area contributed by atoms with Crippen LogP contribution in [0.4, 0.5) is 0 Å². The van der Waals surface area contributed by atoms with Crippen LogP contribution in [-0.4, -0.2) is 77.5 Å². The zero-order valence-corrected chi connectivity index (χ0v) is 18.6. The number of ether oxygens (including phenoxy) is 3. The molecule has 176 valence electrons. The van der Waals surface area contributed by atoms with Gasteiger partial charge in [0, 0.05) is 32.6 Å². The van der Waals surface area contributed by atoms with Crippen molar-refractivity contribution in [2.45, 2.75) is 62.8 Å². The molecular formula is C24H34N2O6. The lowest BCUT2D eigenvalue weighted by atomic mass is 9.91. The number of nitrogens with zero attached hydrogens (tertiary/aromatic N) is 2. The van der Waals surface area contributed by atoms with Crippen LogP contribution < -0.4 is 9.47 Å². The Morgan fingerprint density at radius 2 is 1.94 bits per heavy atom.